The second-order valence-corrected chi connectivity index (χ2v) is 6.34. The summed E-state index contributed by atoms with van der Waals surface area (Å²) in [5.74, 6) is -0.0889. The lowest BCUT2D eigenvalue weighted by atomic mass is 10.2. The Bertz CT molecular complexity index is 565. The largest absolute Gasteiger partial charge is 0.325 e. The fourth-order valence-electron chi connectivity index (χ4n) is 2.01. The number of anilines is 2. The predicted octanol–water partition coefficient (Wildman–Crippen LogP) is 0.749. The van der Waals surface area contributed by atoms with Crippen LogP contribution in [0.5, 0.6) is 0 Å². The van der Waals surface area contributed by atoms with Crippen molar-refractivity contribution in [3.63, 3.8) is 0 Å². The van der Waals surface area contributed by atoms with E-state index in [1.54, 1.807) is 24.3 Å². The molecule has 19 heavy (non-hydrogen) atoms. The van der Waals surface area contributed by atoms with Gasteiger partial charge in [-0.3, -0.25) is 9.52 Å². The maximum Gasteiger partial charge on any atom is 0.241 e. The van der Waals surface area contributed by atoms with Crippen molar-refractivity contribution >= 4 is 27.3 Å². The molecule has 0 radical (unpaired) electrons. The van der Waals surface area contributed by atoms with Crippen molar-refractivity contribution < 1.29 is 13.2 Å². The zero-order chi connectivity index (χ0) is 13.9. The molecule has 1 saturated heterocycles. The molecular formula is C12H17N3O3S. The second-order valence-electron chi connectivity index (χ2n) is 4.59. The molecule has 2 rings (SSSR count). The van der Waals surface area contributed by atoms with Gasteiger partial charge in [0.1, 0.15) is 0 Å². The summed E-state index contributed by atoms with van der Waals surface area (Å²) in [5, 5.41) is 5.88. The molecule has 1 fully saturated rings. The lowest BCUT2D eigenvalue weighted by molar-refractivity contribution is -0.117. The highest BCUT2D eigenvalue weighted by Gasteiger charge is 2.21. The zero-order valence-corrected chi connectivity index (χ0v) is 11.5. The number of carbonyl (C=O) groups excluding carboxylic acids is 1. The van der Waals surface area contributed by atoms with E-state index in [1.165, 1.54) is 0 Å². The standard InChI is InChI=1S/C12H17N3O3S/c1-19(17,18)15-10-5-2-4-9(8-10)14-12(16)11-6-3-7-13-11/h2,4-5,8,11,13,15H,3,6-7H2,1H3,(H,14,16)/t11-/m1/s1. The van der Waals surface area contributed by atoms with E-state index in [0.717, 1.165) is 25.6 Å². The highest BCUT2D eigenvalue weighted by molar-refractivity contribution is 7.92. The summed E-state index contributed by atoms with van der Waals surface area (Å²) in [6, 6.07) is 6.47. The molecule has 104 valence electrons. The minimum Gasteiger partial charge on any atom is -0.325 e. The summed E-state index contributed by atoms with van der Waals surface area (Å²) in [6.07, 6.45) is 2.90. The summed E-state index contributed by atoms with van der Waals surface area (Å²) in [5.41, 5.74) is 1.01. The first-order chi connectivity index (χ1) is 8.94. The van der Waals surface area contributed by atoms with Crippen molar-refractivity contribution in [1.82, 2.24) is 5.32 Å². The van der Waals surface area contributed by atoms with Crippen LogP contribution in [-0.2, 0) is 14.8 Å². The molecule has 1 amide bonds. The first-order valence-electron chi connectivity index (χ1n) is 6.06. The van der Waals surface area contributed by atoms with Crippen LogP contribution in [0.3, 0.4) is 0 Å². The highest BCUT2D eigenvalue weighted by atomic mass is 32.2. The number of benzene rings is 1. The lowest BCUT2D eigenvalue weighted by Crippen LogP contribution is -2.35. The summed E-state index contributed by atoms with van der Waals surface area (Å²) in [7, 11) is -3.31. The molecule has 1 aliphatic rings. The van der Waals surface area contributed by atoms with Gasteiger partial charge < -0.3 is 10.6 Å². The molecule has 0 spiro atoms. The van der Waals surface area contributed by atoms with Gasteiger partial charge in [0.25, 0.3) is 0 Å². The molecule has 1 aliphatic heterocycles. The molecule has 1 aromatic carbocycles. The topological polar surface area (TPSA) is 87.3 Å². The summed E-state index contributed by atoms with van der Waals surface area (Å²) < 4.78 is 24.6. The quantitative estimate of drug-likeness (QED) is 0.761. The Kier molecular flexibility index (Phi) is 4.06. The van der Waals surface area contributed by atoms with Crippen molar-refractivity contribution in [2.24, 2.45) is 0 Å². The van der Waals surface area contributed by atoms with E-state index < -0.39 is 10.0 Å². The number of hydrogen-bond acceptors (Lipinski definition) is 4. The third-order valence-corrected chi connectivity index (χ3v) is 3.42. The first-order valence-corrected chi connectivity index (χ1v) is 7.95. The fraction of sp³-hybridized carbons (Fsp3) is 0.417. The van der Waals surface area contributed by atoms with Crippen LogP contribution in [0.4, 0.5) is 11.4 Å². The fourth-order valence-corrected chi connectivity index (χ4v) is 2.57. The maximum absolute atomic E-state index is 11.9. The van der Waals surface area contributed by atoms with Crippen molar-refractivity contribution in [2.75, 3.05) is 22.8 Å². The van der Waals surface area contributed by atoms with Gasteiger partial charge in [-0.1, -0.05) is 6.07 Å². The molecule has 6 nitrogen and oxygen atoms in total. The third-order valence-electron chi connectivity index (χ3n) is 2.81. The Morgan fingerprint density at radius 3 is 2.74 bits per heavy atom. The van der Waals surface area contributed by atoms with Gasteiger partial charge in [0.15, 0.2) is 0 Å². The monoisotopic (exact) mass is 283 g/mol. The molecule has 0 saturated carbocycles. The van der Waals surface area contributed by atoms with Crippen LogP contribution in [0, 0.1) is 0 Å². The summed E-state index contributed by atoms with van der Waals surface area (Å²) >= 11 is 0. The normalized spacial score (nSPS) is 19.1. The zero-order valence-electron chi connectivity index (χ0n) is 10.6. The lowest BCUT2D eigenvalue weighted by Gasteiger charge is -2.12. The molecule has 0 aliphatic carbocycles. The predicted molar refractivity (Wildman–Crippen MR) is 74.6 cm³/mol. The molecule has 0 unspecified atom stereocenters. The van der Waals surface area contributed by atoms with Gasteiger partial charge in [-0.15, -0.1) is 0 Å². The Hall–Kier alpha value is -1.60. The van der Waals surface area contributed by atoms with Gasteiger partial charge in [0.2, 0.25) is 15.9 Å². The maximum atomic E-state index is 11.9. The average molecular weight is 283 g/mol. The SMILES string of the molecule is CS(=O)(=O)Nc1cccc(NC(=O)[C@H]2CCCN2)c1. The smallest absolute Gasteiger partial charge is 0.241 e. The minimum atomic E-state index is -3.31. The third kappa shape index (κ3) is 4.22. The molecule has 0 bridgehead atoms. The van der Waals surface area contributed by atoms with E-state index >= 15 is 0 Å². The number of rotatable bonds is 4. The second kappa shape index (κ2) is 5.58. The number of nitrogens with one attached hydrogen (secondary N) is 3. The molecule has 1 aromatic rings. The first kappa shape index (κ1) is 13.8. The Morgan fingerprint density at radius 2 is 2.11 bits per heavy atom. The molecular weight excluding hydrogens is 266 g/mol. The van der Waals surface area contributed by atoms with Crippen LogP contribution in [0.15, 0.2) is 24.3 Å². The number of carbonyl (C=O) groups is 1. The number of amides is 1. The van der Waals surface area contributed by atoms with Gasteiger partial charge in [0.05, 0.1) is 18.0 Å². The van der Waals surface area contributed by atoms with Gasteiger partial charge in [0, 0.05) is 5.69 Å². The van der Waals surface area contributed by atoms with Crippen LogP contribution in [0.1, 0.15) is 12.8 Å². The van der Waals surface area contributed by atoms with Crippen LogP contribution < -0.4 is 15.4 Å². The molecule has 7 heteroatoms. The summed E-state index contributed by atoms with van der Waals surface area (Å²) in [6.45, 7) is 0.855. The Morgan fingerprint density at radius 1 is 1.37 bits per heavy atom. The van der Waals surface area contributed by atoms with E-state index in [2.05, 4.69) is 15.4 Å². The molecule has 1 heterocycles. The average Bonchev–Trinajstić information content (AvgIpc) is 2.80. The van der Waals surface area contributed by atoms with Crippen LogP contribution in [0.2, 0.25) is 0 Å². The van der Waals surface area contributed by atoms with Gasteiger partial charge >= 0.3 is 0 Å². The molecule has 0 aromatic heterocycles. The number of hydrogen-bond donors (Lipinski definition) is 3. The van der Waals surface area contributed by atoms with E-state index in [1.807, 2.05) is 0 Å². The van der Waals surface area contributed by atoms with E-state index in [4.69, 9.17) is 0 Å². The van der Waals surface area contributed by atoms with Gasteiger partial charge in [-0.2, -0.15) is 0 Å². The van der Waals surface area contributed by atoms with Crippen LogP contribution in [0.25, 0.3) is 0 Å². The van der Waals surface area contributed by atoms with E-state index in [-0.39, 0.29) is 11.9 Å². The van der Waals surface area contributed by atoms with Crippen molar-refractivity contribution in [1.29, 1.82) is 0 Å². The molecule has 1 atom stereocenters. The highest BCUT2D eigenvalue weighted by Crippen LogP contribution is 2.17. The van der Waals surface area contributed by atoms with Crippen molar-refractivity contribution in [3.05, 3.63) is 24.3 Å². The number of sulfonamides is 1. The van der Waals surface area contributed by atoms with Crippen molar-refractivity contribution in [3.8, 4) is 0 Å². The Labute approximate surface area is 112 Å². The van der Waals surface area contributed by atoms with E-state index in [0.29, 0.717) is 11.4 Å². The van der Waals surface area contributed by atoms with Crippen LogP contribution >= 0.6 is 0 Å². The van der Waals surface area contributed by atoms with Gasteiger partial charge in [-0.05, 0) is 37.6 Å². The van der Waals surface area contributed by atoms with Gasteiger partial charge in [-0.25, -0.2) is 8.42 Å². The summed E-state index contributed by atoms with van der Waals surface area (Å²) in [4.78, 5) is 11.9. The van der Waals surface area contributed by atoms with Crippen LogP contribution in [-0.4, -0.2) is 33.2 Å². The Balaban J connectivity index is 2.04. The van der Waals surface area contributed by atoms with Crippen molar-refractivity contribution in [2.45, 2.75) is 18.9 Å². The molecule has 3 N–H and O–H groups in total. The minimum absolute atomic E-state index is 0.0889. The van der Waals surface area contributed by atoms with E-state index in [9.17, 15) is 13.2 Å².